The third-order valence-electron chi connectivity index (χ3n) is 14.1. The fraction of sp³-hybridized carbons (Fsp3) is 0.333. The number of carbonyl (C=O) groups is 4. The van der Waals surface area contributed by atoms with E-state index in [1.54, 1.807) is 24.3 Å². The van der Waals surface area contributed by atoms with Gasteiger partial charge in [0, 0.05) is 23.0 Å². The summed E-state index contributed by atoms with van der Waals surface area (Å²) in [6.07, 6.45) is -1.55. The molecule has 8 nitrogen and oxygen atoms in total. The van der Waals surface area contributed by atoms with Crippen LogP contribution < -0.4 is 10.6 Å². The zero-order valence-corrected chi connectivity index (χ0v) is 41.4. The molecule has 68 heavy (non-hydrogen) atoms. The number of rotatable bonds is 6. The maximum Gasteiger partial charge on any atom is 0.411 e. The van der Waals surface area contributed by atoms with Crippen LogP contribution in [0.25, 0.3) is 22.3 Å². The van der Waals surface area contributed by atoms with Crippen LogP contribution in [0.1, 0.15) is 171 Å². The normalized spacial score (nSPS) is 14.4. The van der Waals surface area contributed by atoms with E-state index in [1.807, 2.05) is 0 Å². The molecule has 0 aliphatic heterocycles. The van der Waals surface area contributed by atoms with Crippen molar-refractivity contribution in [2.75, 3.05) is 23.8 Å². The first-order valence-corrected chi connectivity index (χ1v) is 23.7. The molecule has 9 rings (SSSR count). The number of ketones is 2. The third kappa shape index (κ3) is 8.33. The van der Waals surface area contributed by atoms with Gasteiger partial charge in [-0.2, -0.15) is 0 Å². The molecule has 0 radical (unpaired) electrons. The van der Waals surface area contributed by atoms with Gasteiger partial charge in [0.15, 0.2) is 11.6 Å². The fourth-order valence-corrected chi connectivity index (χ4v) is 9.99. The van der Waals surface area contributed by atoms with Crippen LogP contribution in [-0.4, -0.2) is 37.0 Å². The van der Waals surface area contributed by atoms with Crippen LogP contribution in [0.5, 0.6) is 0 Å². The van der Waals surface area contributed by atoms with E-state index in [1.165, 1.54) is 34.4 Å². The molecule has 0 heterocycles. The molecular weight excluding hydrogens is 845 g/mol. The van der Waals surface area contributed by atoms with E-state index in [-0.39, 0.29) is 80.3 Å². The summed E-state index contributed by atoms with van der Waals surface area (Å²) in [5, 5.41) is 5.62. The number of fused-ring (bicyclic) bond motifs is 8. The van der Waals surface area contributed by atoms with Crippen molar-refractivity contribution in [2.45, 2.75) is 117 Å². The Morgan fingerprint density at radius 1 is 0.412 bits per heavy atom. The van der Waals surface area contributed by atoms with Crippen LogP contribution in [0.3, 0.4) is 0 Å². The lowest BCUT2D eigenvalue weighted by Gasteiger charge is -2.24. The van der Waals surface area contributed by atoms with Crippen molar-refractivity contribution in [3.05, 3.63) is 176 Å². The first kappa shape index (κ1) is 46.3. The first-order valence-electron chi connectivity index (χ1n) is 23.7. The lowest BCUT2D eigenvalue weighted by molar-refractivity contribution is 0.0980. The summed E-state index contributed by atoms with van der Waals surface area (Å²) in [5.41, 5.74) is 13.7. The number of ether oxygens (including phenoxy) is 2. The van der Waals surface area contributed by atoms with Gasteiger partial charge in [0.25, 0.3) is 0 Å². The van der Waals surface area contributed by atoms with Crippen LogP contribution in [0.4, 0.5) is 21.0 Å². The molecule has 0 fully saturated rings. The van der Waals surface area contributed by atoms with E-state index in [2.05, 4.69) is 167 Å². The standard InChI is InChI=1S/C60H62N2O6/c1-57(2,3)33-17-21-37-38-22-18-34(58(4,5)6)28-44(38)47(43(37)27-33)31-67-55(65)61-49-25-26-50(52-51(49)53(63)41-15-13-14-16-42(41)54(52)64)62-56(66)68-32-48-45-29-35(59(7,8)9)19-23-39(45)40-24-20-36(30-46(40)48)60(10,11)12/h13-30,47-48H,31-32H2,1-12H3,(H,61,65)(H,62,66). The average molecular weight is 907 g/mol. The molecule has 0 saturated carbocycles. The summed E-state index contributed by atoms with van der Waals surface area (Å²) in [4.78, 5) is 56.7. The van der Waals surface area contributed by atoms with E-state index < -0.39 is 23.8 Å². The summed E-state index contributed by atoms with van der Waals surface area (Å²) in [7, 11) is 0. The van der Waals surface area contributed by atoms with Crippen molar-refractivity contribution in [3.8, 4) is 22.3 Å². The molecule has 0 saturated heterocycles. The Labute approximate surface area is 400 Å². The molecule has 6 aromatic rings. The second kappa shape index (κ2) is 16.5. The number of anilines is 2. The predicted octanol–water partition coefficient (Wildman–Crippen LogP) is 14.4. The van der Waals surface area contributed by atoms with E-state index in [0.29, 0.717) is 0 Å². The molecule has 6 aromatic carbocycles. The minimum absolute atomic E-state index is 0.0345. The monoisotopic (exact) mass is 906 g/mol. The SMILES string of the molecule is CC(C)(C)c1ccc2c(c1)C(COC(=O)Nc1ccc(NC(=O)OCC3c4cc(C(C)(C)C)ccc4-c4ccc(C(C)(C)C)cc43)c3c1C(=O)c1ccccc1C3=O)c1cc(C(C)(C)C)ccc1-2. The molecule has 2 N–H and O–H groups in total. The maximum absolute atomic E-state index is 14.4. The zero-order chi connectivity index (χ0) is 48.8. The van der Waals surface area contributed by atoms with Gasteiger partial charge in [0.2, 0.25) is 0 Å². The molecule has 2 amide bonds. The fourth-order valence-electron chi connectivity index (χ4n) is 9.99. The van der Waals surface area contributed by atoms with Crippen molar-refractivity contribution in [3.63, 3.8) is 0 Å². The summed E-state index contributed by atoms with van der Waals surface area (Å²) in [5.74, 6) is -1.39. The van der Waals surface area contributed by atoms with E-state index in [9.17, 15) is 19.2 Å². The number of nitrogens with one attached hydrogen (secondary N) is 2. The number of hydrogen-bond donors (Lipinski definition) is 2. The first-order chi connectivity index (χ1) is 31.9. The Bertz CT molecular complexity index is 2760. The molecule has 348 valence electrons. The molecule has 8 heteroatoms. The van der Waals surface area contributed by atoms with Gasteiger partial charge in [-0.1, -0.05) is 180 Å². The van der Waals surface area contributed by atoms with Crippen LogP contribution >= 0.6 is 0 Å². The molecule has 0 aromatic heterocycles. The minimum atomic E-state index is -0.776. The van der Waals surface area contributed by atoms with Crippen molar-refractivity contribution in [1.82, 2.24) is 0 Å². The Hall–Kier alpha value is -6.80. The average Bonchev–Trinajstić information content (AvgIpc) is 3.76. The molecule has 0 unspecified atom stereocenters. The van der Waals surface area contributed by atoms with E-state index in [0.717, 1.165) is 44.5 Å². The minimum Gasteiger partial charge on any atom is -0.448 e. The van der Waals surface area contributed by atoms with Gasteiger partial charge < -0.3 is 9.47 Å². The summed E-state index contributed by atoms with van der Waals surface area (Å²) in [6, 6.07) is 35.9. The van der Waals surface area contributed by atoms with Gasteiger partial charge in [-0.3, -0.25) is 20.2 Å². The quantitative estimate of drug-likeness (QED) is 0.172. The maximum atomic E-state index is 14.4. The number of carbonyl (C=O) groups excluding carboxylic acids is 4. The Kier molecular flexibility index (Phi) is 11.2. The van der Waals surface area contributed by atoms with Crippen molar-refractivity contribution in [2.24, 2.45) is 0 Å². The van der Waals surface area contributed by atoms with Crippen LogP contribution in [0.2, 0.25) is 0 Å². The van der Waals surface area contributed by atoms with E-state index >= 15 is 0 Å². The van der Waals surface area contributed by atoms with Gasteiger partial charge in [-0.25, -0.2) is 9.59 Å². The molecular formula is C60H62N2O6. The van der Waals surface area contributed by atoms with Crippen LogP contribution in [0, 0.1) is 0 Å². The number of amides is 2. The van der Waals surface area contributed by atoms with Gasteiger partial charge in [-0.15, -0.1) is 0 Å². The summed E-state index contributed by atoms with van der Waals surface area (Å²) < 4.78 is 12.1. The van der Waals surface area contributed by atoms with Crippen molar-refractivity contribution < 1.29 is 28.7 Å². The Balaban J connectivity index is 0.995. The lowest BCUT2D eigenvalue weighted by Crippen LogP contribution is -2.27. The highest BCUT2D eigenvalue weighted by Gasteiger charge is 2.37. The summed E-state index contributed by atoms with van der Waals surface area (Å²) >= 11 is 0. The topological polar surface area (TPSA) is 111 Å². The third-order valence-corrected chi connectivity index (χ3v) is 14.1. The van der Waals surface area contributed by atoms with Gasteiger partial charge in [0.1, 0.15) is 13.2 Å². The number of hydrogen-bond acceptors (Lipinski definition) is 6. The second-order valence-electron chi connectivity index (χ2n) is 22.9. The highest BCUT2D eigenvalue weighted by Crippen LogP contribution is 2.49. The molecule has 0 bridgehead atoms. The molecule has 0 spiro atoms. The molecule has 3 aliphatic rings. The van der Waals surface area contributed by atoms with Gasteiger partial charge >= 0.3 is 12.2 Å². The smallest absolute Gasteiger partial charge is 0.411 e. The van der Waals surface area contributed by atoms with Crippen molar-refractivity contribution >= 4 is 35.1 Å². The highest BCUT2D eigenvalue weighted by molar-refractivity contribution is 6.32. The Morgan fingerprint density at radius 2 is 0.691 bits per heavy atom. The van der Waals surface area contributed by atoms with Crippen LogP contribution in [-0.2, 0) is 31.1 Å². The van der Waals surface area contributed by atoms with Crippen molar-refractivity contribution in [1.29, 1.82) is 0 Å². The van der Waals surface area contributed by atoms with Crippen LogP contribution in [0.15, 0.2) is 109 Å². The molecule has 3 aliphatic carbocycles. The summed E-state index contributed by atoms with van der Waals surface area (Å²) in [6.45, 7) is 26.3. The van der Waals surface area contributed by atoms with Gasteiger partial charge in [-0.05, 0) is 101 Å². The lowest BCUT2D eigenvalue weighted by atomic mass is 9.82. The van der Waals surface area contributed by atoms with E-state index in [4.69, 9.17) is 9.47 Å². The molecule has 0 atom stereocenters. The number of benzene rings is 6. The van der Waals surface area contributed by atoms with Gasteiger partial charge in [0.05, 0.1) is 22.5 Å². The Morgan fingerprint density at radius 3 is 0.956 bits per heavy atom. The predicted molar refractivity (Wildman–Crippen MR) is 272 cm³/mol. The largest absolute Gasteiger partial charge is 0.448 e. The zero-order valence-electron chi connectivity index (χ0n) is 41.4. The highest BCUT2D eigenvalue weighted by atomic mass is 16.6. The second-order valence-corrected chi connectivity index (χ2v) is 22.9.